The van der Waals surface area contributed by atoms with Crippen LogP contribution in [0.2, 0.25) is 0 Å². The molecule has 0 aliphatic carbocycles. The molecule has 5 aromatic rings. The first-order valence-corrected chi connectivity index (χ1v) is 13.2. The molecular formula is C30H27N5O3S. The third-order valence-electron chi connectivity index (χ3n) is 6.17. The number of methoxy groups -OCH3 is 2. The van der Waals surface area contributed by atoms with Crippen LogP contribution < -0.4 is 14.9 Å². The highest BCUT2D eigenvalue weighted by molar-refractivity contribution is 7.99. The van der Waals surface area contributed by atoms with E-state index in [0.29, 0.717) is 11.0 Å². The van der Waals surface area contributed by atoms with Crippen molar-refractivity contribution in [2.24, 2.45) is 5.10 Å². The largest absolute Gasteiger partial charge is 0.497 e. The number of nitrogens with one attached hydrogen (secondary N) is 1. The molecule has 0 saturated carbocycles. The van der Waals surface area contributed by atoms with Gasteiger partial charge in [0.2, 0.25) is 0 Å². The van der Waals surface area contributed by atoms with Gasteiger partial charge >= 0.3 is 0 Å². The van der Waals surface area contributed by atoms with Gasteiger partial charge in [-0.05, 0) is 66.2 Å². The molecule has 1 aromatic heterocycles. The lowest BCUT2D eigenvalue weighted by Crippen LogP contribution is -2.21. The van der Waals surface area contributed by atoms with Crippen LogP contribution >= 0.6 is 11.8 Å². The van der Waals surface area contributed by atoms with E-state index < -0.39 is 0 Å². The van der Waals surface area contributed by atoms with E-state index in [9.17, 15) is 4.79 Å². The minimum absolute atomic E-state index is 0.114. The number of amides is 1. The van der Waals surface area contributed by atoms with Gasteiger partial charge in [0.15, 0.2) is 11.0 Å². The Kier molecular flexibility index (Phi) is 7.88. The Bertz CT molecular complexity index is 1620. The maximum absolute atomic E-state index is 12.8. The zero-order chi connectivity index (χ0) is 27.2. The molecule has 39 heavy (non-hydrogen) atoms. The van der Waals surface area contributed by atoms with Crippen molar-refractivity contribution in [1.82, 2.24) is 20.2 Å². The topological polar surface area (TPSA) is 90.6 Å². The van der Waals surface area contributed by atoms with Gasteiger partial charge in [0.1, 0.15) is 11.5 Å². The Morgan fingerprint density at radius 2 is 1.54 bits per heavy atom. The van der Waals surface area contributed by atoms with E-state index in [2.05, 4.69) is 32.9 Å². The molecule has 0 fully saturated rings. The molecule has 0 unspecified atom stereocenters. The van der Waals surface area contributed by atoms with Crippen LogP contribution in [0.4, 0.5) is 0 Å². The molecule has 9 heteroatoms. The maximum Gasteiger partial charge on any atom is 0.250 e. The predicted octanol–water partition coefficient (Wildman–Crippen LogP) is 5.74. The van der Waals surface area contributed by atoms with Crippen molar-refractivity contribution >= 4 is 34.2 Å². The lowest BCUT2D eigenvalue weighted by molar-refractivity contribution is -0.118. The van der Waals surface area contributed by atoms with Crippen LogP contribution in [0.1, 0.15) is 12.5 Å². The number of nitrogens with zero attached hydrogens (tertiary/aromatic N) is 4. The van der Waals surface area contributed by atoms with Crippen LogP contribution in [0.5, 0.6) is 11.5 Å². The van der Waals surface area contributed by atoms with E-state index in [1.165, 1.54) is 11.8 Å². The zero-order valence-corrected chi connectivity index (χ0v) is 22.6. The molecule has 5 rings (SSSR count). The molecule has 196 valence electrons. The van der Waals surface area contributed by atoms with E-state index in [-0.39, 0.29) is 11.7 Å². The van der Waals surface area contributed by atoms with Crippen molar-refractivity contribution in [2.45, 2.75) is 12.1 Å². The number of rotatable bonds is 9. The molecule has 0 aliphatic rings. The Balaban J connectivity index is 1.36. The lowest BCUT2D eigenvalue weighted by atomic mass is 10.0. The Morgan fingerprint density at radius 3 is 2.26 bits per heavy atom. The molecule has 0 saturated heterocycles. The van der Waals surface area contributed by atoms with Crippen LogP contribution in [-0.2, 0) is 4.79 Å². The number of hydrogen-bond acceptors (Lipinski definition) is 7. The smallest absolute Gasteiger partial charge is 0.250 e. The summed E-state index contributed by atoms with van der Waals surface area (Å²) in [5.74, 6) is 2.01. The SMILES string of the molecule is COc1ccc(-c2nnc(SCC(=O)N/N=C(\C)c3cccc4ccccc34)n2-c2ccc(OC)cc2)cc1. The number of carbonyl (C=O) groups is 1. The zero-order valence-electron chi connectivity index (χ0n) is 21.8. The minimum atomic E-state index is -0.241. The summed E-state index contributed by atoms with van der Waals surface area (Å²) in [5, 5.41) is 16.0. The average molecular weight is 538 g/mol. The quantitative estimate of drug-likeness (QED) is 0.147. The van der Waals surface area contributed by atoms with Gasteiger partial charge < -0.3 is 9.47 Å². The van der Waals surface area contributed by atoms with Crippen LogP contribution in [0.3, 0.4) is 0 Å². The van der Waals surface area contributed by atoms with E-state index in [1.54, 1.807) is 14.2 Å². The fourth-order valence-corrected chi connectivity index (χ4v) is 4.91. The van der Waals surface area contributed by atoms with Crippen molar-refractivity contribution < 1.29 is 14.3 Å². The Labute approximate surface area is 230 Å². The van der Waals surface area contributed by atoms with E-state index in [0.717, 1.165) is 44.8 Å². The van der Waals surface area contributed by atoms with Crippen molar-refractivity contribution in [3.63, 3.8) is 0 Å². The van der Waals surface area contributed by atoms with Gasteiger partial charge in [-0.15, -0.1) is 10.2 Å². The van der Waals surface area contributed by atoms with Gasteiger partial charge in [-0.2, -0.15) is 5.10 Å². The second-order valence-corrected chi connectivity index (χ2v) is 9.56. The van der Waals surface area contributed by atoms with Crippen LogP contribution in [0.25, 0.3) is 27.8 Å². The number of fused-ring (bicyclic) bond motifs is 1. The van der Waals surface area contributed by atoms with Gasteiger partial charge in [-0.3, -0.25) is 9.36 Å². The first-order valence-electron chi connectivity index (χ1n) is 12.3. The molecule has 0 bridgehead atoms. The summed E-state index contributed by atoms with van der Waals surface area (Å²) in [6.45, 7) is 1.89. The van der Waals surface area contributed by atoms with Crippen LogP contribution in [0, 0.1) is 0 Å². The normalized spacial score (nSPS) is 11.4. The van der Waals surface area contributed by atoms with Gasteiger partial charge in [0.05, 0.1) is 25.7 Å². The van der Waals surface area contributed by atoms with E-state index in [1.807, 2.05) is 90.4 Å². The highest BCUT2D eigenvalue weighted by atomic mass is 32.2. The van der Waals surface area contributed by atoms with Gasteiger partial charge in [-0.1, -0.05) is 54.2 Å². The number of thioether (sulfide) groups is 1. The summed E-state index contributed by atoms with van der Waals surface area (Å²) >= 11 is 1.29. The summed E-state index contributed by atoms with van der Waals surface area (Å²) in [6, 6.07) is 29.3. The highest BCUT2D eigenvalue weighted by Crippen LogP contribution is 2.30. The second kappa shape index (κ2) is 11.8. The monoisotopic (exact) mass is 537 g/mol. The Hall–Kier alpha value is -4.63. The third kappa shape index (κ3) is 5.78. The van der Waals surface area contributed by atoms with Gasteiger partial charge in [0, 0.05) is 16.8 Å². The average Bonchev–Trinajstić information content (AvgIpc) is 3.42. The van der Waals surface area contributed by atoms with Gasteiger partial charge in [0.25, 0.3) is 5.91 Å². The summed E-state index contributed by atoms with van der Waals surface area (Å²) in [4.78, 5) is 12.8. The maximum atomic E-state index is 12.8. The number of aromatic nitrogens is 3. The highest BCUT2D eigenvalue weighted by Gasteiger charge is 2.18. The molecule has 1 amide bonds. The van der Waals surface area contributed by atoms with Crippen LogP contribution in [-0.4, -0.2) is 46.4 Å². The number of hydrogen-bond donors (Lipinski definition) is 1. The Morgan fingerprint density at radius 1 is 0.872 bits per heavy atom. The summed E-state index contributed by atoms with van der Waals surface area (Å²) in [6.07, 6.45) is 0. The first-order chi connectivity index (χ1) is 19.1. The molecule has 0 aliphatic heterocycles. The number of carbonyl (C=O) groups excluding carboxylic acids is 1. The van der Waals surface area contributed by atoms with Gasteiger partial charge in [-0.25, -0.2) is 5.43 Å². The molecule has 1 N–H and O–H groups in total. The standard InChI is InChI=1S/C30H27N5O3S/c1-20(26-10-6-8-21-7-4-5-9-27(21)26)31-32-28(36)19-39-30-34-33-29(22-11-15-24(37-2)16-12-22)35(30)23-13-17-25(38-3)18-14-23/h4-18H,19H2,1-3H3,(H,32,36)/b31-20+. The second-order valence-electron chi connectivity index (χ2n) is 8.62. The molecule has 0 atom stereocenters. The number of benzene rings is 4. The van der Waals surface area contributed by atoms with Crippen molar-refractivity contribution in [3.8, 4) is 28.6 Å². The molecule has 4 aromatic carbocycles. The van der Waals surface area contributed by atoms with E-state index in [4.69, 9.17) is 9.47 Å². The molecule has 1 heterocycles. The number of hydrazone groups is 1. The summed E-state index contributed by atoms with van der Waals surface area (Å²) in [7, 11) is 3.25. The van der Waals surface area contributed by atoms with Crippen molar-refractivity contribution in [2.75, 3.05) is 20.0 Å². The molecule has 0 spiro atoms. The predicted molar refractivity (Wildman–Crippen MR) is 155 cm³/mol. The van der Waals surface area contributed by atoms with Crippen LogP contribution in [0.15, 0.2) is 101 Å². The summed E-state index contributed by atoms with van der Waals surface area (Å²) in [5.41, 5.74) is 6.10. The first kappa shape index (κ1) is 26.0. The molecular weight excluding hydrogens is 510 g/mol. The van der Waals surface area contributed by atoms with Crippen molar-refractivity contribution in [1.29, 1.82) is 0 Å². The lowest BCUT2D eigenvalue weighted by Gasteiger charge is -2.11. The third-order valence-corrected chi connectivity index (χ3v) is 7.10. The molecule has 8 nitrogen and oxygen atoms in total. The fraction of sp³-hybridized carbons (Fsp3) is 0.133. The fourth-order valence-electron chi connectivity index (χ4n) is 4.16. The molecule has 0 radical (unpaired) electrons. The number of ether oxygens (including phenoxy) is 2. The van der Waals surface area contributed by atoms with E-state index >= 15 is 0 Å². The van der Waals surface area contributed by atoms with Crippen molar-refractivity contribution in [3.05, 3.63) is 96.6 Å². The summed E-state index contributed by atoms with van der Waals surface area (Å²) < 4.78 is 12.5. The minimum Gasteiger partial charge on any atom is -0.497 e.